The zero-order valence-corrected chi connectivity index (χ0v) is 14.6. The van der Waals surface area contributed by atoms with E-state index in [1.807, 2.05) is 0 Å². The molecule has 0 radical (unpaired) electrons. The van der Waals surface area contributed by atoms with E-state index in [0.717, 1.165) is 12.0 Å². The summed E-state index contributed by atoms with van der Waals surface area (Å²) in [5.74, 6) is 0.964. The van der Waals surface area contributed by atoms with Gasteiger partial charge in [0.2, 0.25) is 0 Å². The standard InChI is InChI=1S/C20H30O2/c1-14(2)7-5-10-19(3)11-6-12-20(4)16-13-22-18(21)15(16)8-9-17(19)20/h7-8,16-17H,5-6,9-13H2,1-4H3. The van der Waals surface area contributed by atoms with E-state index in [1.54, 1.807) is 0 Å². The van der Waals surface area contributed by atoms with Crippen LogP contribution in [0.5, 0.6) is 0 Å². The van der Waals surface area contributed by atoms with Crippen molar-refractivity contribution in [3.8, 4) is 0 Å². The van der Waals surface area contributed by atoms with Gasteiger partial charge in [0.05, 0.1) is 6.61 Å². The van der Waals surface area contributed by atoms with E-state index in [4.69, 9.17) is 4.74 Å². The minimum Gasteiger partial charge on any atom is -0.462 e. The Labute approximate surface area is 135 Å². The molecule has 1 heterocycles. The van der Waals surface area contributed by atoms with E-state index in [2.05, 4.69) is 39.8 Å². The van der Waals surface area contributed by atoms with Gasteiger partial charge in [-0.3, -0.25) is 0 Å². The number of ether oxygens (including phenoxy) is 1. The topological polar surface area (TPSA) is 26.3 Å². The second kappa shape index (κ2) is 5.54. The minimum absolute atomic E-state index is 0.0542. The molecule has 0 N–H and O–H groups in total. The largest absolute Gasteiger partial charge is 0.462 e. The highest BCUT2D eigenvalue weighted by Crippen LogP contribution is 2.62. The average Bonchev–Trinajstić information content (AvgIpc) is 2.81. The number of allylic oxidation sites excluding steroid dienone is 3. The predicted molar refractivity (Wildman–Crippen MR) is 89.4 cm³/mol. The summed E-state index contributed by atoms with van der Waals surface area (Å²) >= 11 is 0. The number of hydrogen-bond donors (Lipinski definition) is 0. The lowest BCUT2D eigenvalue weighted by atomic mass is 9.47. The smallest absolute Gasteiger partial charge is 0.334 e. The van der Waals surface area contributed by atoms with Crippen LogP contribution in [-0.2, 0) is 9.53 Å². The first kappa shape index (κ1) is 15.8. The molecule has 2 nitrogen and oxygen atoms in total. The van der Waals surface area contributed by atoms with Gasteiger partial charge in [-0.05, 0) is 62.7 Å². The number of carbonyl (C=O) groups excluding carboxylic acids is 1. The van der Waals surface area contributed by atoms with Crippen LogP contribution in [0, 0.1) is 22.7 Å². The monoisotopic (exact) mass is 302 g/mol. The molecule has 4 unspecified atom stereocenters. The molecular formula is C20H30O2. The van der Waals surface area contributed by atoms with Gasteiger partial charge >= 0.3 is 5.97 Å². The maximum Gasteiger partial charge on any atom is 0.334 e. The van der Waals surface area contributed by atoms with Crippen LogP contribution in [0.2, 0.25) is 0 Å². The van der Waals surface area contributed by atoms with Gasteiger partial charge in [-0.2, -0.15) is 0 Å². The SMILES string of the molecule is CC(C)=CCCC1(C)CCCC2(C)C3COC(=O)C3=CCC12. The molecule has 22 heavy (non-hydrogen) atoms. The van der Waals surface area contributed by atoms with Crippen molar-refractivity contribution < 1.29 is 9.53 Å². The predicted octanol–water partition coefficient (Wildman–Crippen LogP) is 5.05. The Hall–Kier alpha value is -1.05. The molecule has 2 fully saturated rings. The van der Waals surface area contributed by atoms with Crippen LogP contribution in [0.1, 0.15) is 66.2 Å². The molecule has 0 bridgehead atoms. The van der Waals surface area contributed by atoms with Crippen molar-refractivity contribution in [3.05, 3.63) is 23.3 Å². The van der Waals surface area contributed by atoms with Crippen molar-refractivity contribution in [1.82, 2.24) is 0 Å². The van der Waals surface area contributed by atoms with Crippen molar-refractivity contribution in [2.75, 3.05) is 6.61 Å². The molecule has 3 rings (SSSR count). The molecule has 2 aliphatic carbocycles. The molecule has 0 aromatic carbocycles. The molecule has 2 heteroatoms. The molecule has 1 saturated carbocycles. The number of carbonyl (C=O) groups is 1. The highest BCUT2D eigenvalue weighted by Gasteiger charge is 2.56. The highest BCUT2D eigenvalue weighted by atomic mass is 16.5. The number of rotatable bonds is 3. The van der Waals surface area contributed by atoms with Crippen LogP contribution >= 0.6 is 0 Å². The Bertz CT molecular complexity index is 526. The fourth-order valence-electron chi connectivity index (χ4n) is 5.47. The van der Waals surface area contributed by atoms with E-state index in [-0.39, 0.29) is 11.4 Å². The summed E-state index contributed by atoms with van der Waals surface area (Å²) in [4.78, 5) is 11.9. The Morgan fingerprint density at radius 3 is 2.86 bits per heavy atom. The summed E-state index contributed by atoms with van der Waals surface area (Å²) in [5, 5.41) is 0. The van der Waals surface area contributed by atoms with Crippen LogP contribution in [0.15, 0.2) is 23.3 Å². The number of cyclic esters (lactones) is 1. The summed E-state index contributed by atoms with van der Waals surface area (Å²) in [6, 6.07) is 0. The molecule has 0 aromatic heterocycles. The van der Waals surface area contributed by atoms with Crippen molar-refractivity contribution in [1.29, 1.82) is 0 Å². The lowest BCUT2D eigenvalue weighted by Gasteiger charge is -2.56. The fraction of sp³-hybridized carbons (Fsp3) is 0.750. The van der Waals surface area contributed by atoms with E-state index in [1.165, 1.54) is 37.7 Å². The third kappa shape index (κ3) is 2.45. The summed E-state index contributed by atoms with van der Waals surface area (Å²) in [6.45, 7) is 9.90. The maximum atomic E-state index is 11.9. The van der Waals surface area contributed by atoms with Gasteiger partial charge in [0.15, 0.2) is 0 Å². The van der Waals surface area contributed by atoms with E-state index in [0.29, 0.717) is 23.9 Å². The van der Waals surface area contributed by atoms with Gasteiger partial charge in [0.1, 0.15) is 0 Å². The zero-order valence-electron chi connectivity index (χ0n) is 14.6. The first-order valence-corrected chi connectivity index (χ1v) is 8.87. The van der Waals surface area contributed by atoms with Crippen LogP contribution in [0.3, 0.4) is 0 Å². The van der Waals surface area contributed by atoms with Gasteiger partial charge in [-0.1, -0.05) is 38.0 Å². The van der Waals surface area contributed by atoms with Gasteiger partial charge in [-0.15, -0.1) is 0 Å². The third-order valence-electron chi connectivity index (χ3n) is 6.73. The van der Waals surface area contributed by atoms with Gasteiger partial charge < -0.3 is 4.74 Å². The van der Waals surface area contributed by atoms with E-state index >= 15 is 0 Å². The molecule has 0 amide bonds. The van der Waals surface area contributed by atoms with Crippen LogP contribution < -0.4 is 0 Å². The molecule has 0 aromatic rings. The number of esters is 1. The Balaban J connectivity index is 1.86. The number of hydrogen-bond acceptors (Lipinski definition) is 2. The van der Waals surface area contributed by atoms with Crippen LogP contribution in [0.25, 0.3) is 0 Å². The minimum atomic E-state index is -0.0542. The van der Waals surface area contributed by atoms with Crippen LogP contribution in [-0.4, -0.2) is 12.6 Å². The molecule has 1 saturated heterocycles. The maximum absolute atomic E-state index is 11.9. The molecule has 4 atom stereocenters. The van der Waals surface area contributed by atoms with E-state index < -0.39 is 0 Å². The Morgan fingerprint density at radius 1 is 1.36 bits per heavy atom. The van der Waals surface area contributed by atoms with Crippen molar-refractivity contribution >= 4 is 5.97 Å². The first-order valence-electron chi connectivity index (χ1n) is 8.87. The normalized spacial score (nSPS) is 40.4. The molecule has 3 aliphatic rings. The van der Waals surface area contributed by atoms with Crippen molar-refractivity contribution in [2.24, 2.45) is 22.7 Å². The molecular weight excluding hydrogens is 272 g/mol. The van der Waals surface area contributed by atoms with Crippen LogP contribution in [0.4, 0.5) is 0 Å². The third-order valence-corrected chi connectivity index (χ3v) is 6.73. The molecule has 1 aliphatic heterocycles. The fourth-order valence-corrected chi connectivity index (χ4v) is 5.47. The number of fused-ring (bicyclic) bond motifs is 3. The molecule has 122 valence electrons. The Kier molecular flexibility index (Phi) is 3.99. The summed E-state index contributed by atoms with van der Waals surface area (Å²) < 4.78 is 5.38. The Morgan fingerprint density at radius 2 is 2.14 bits per heavy atom. The average molecular weight is 302 g/mol. The summed E-state index contributed by atoms with van der Waals surface area (Å²) in [5.41, 5.74) is 3.04. The second-order valence-corrected chi connectivity index (χ2v) is 8.43. The lowest BCUT2D eigenvalue weighted by Crippen LogP contribution is -2.49. The summed E-state index contributed by atoms with van der Waals surface area (Å²) in [6.07, 6.45) is 12.0. The lowest BCUT2D eigenvalue weighted by molar-refractivity contribution is -0.135. The van der Waals surface area contributed by atoms with Crippen molar-refractivity contribution in [3.63, 3.8) is 0 Å². The van der Waals surface area contributed by atoms with Gasteiger partial charge in [0, 0.05) is 11.5 Å². The first-order chi connectivity index (χ1) is 10.4. The second-order valence-electron chi connectivity index (χ2n) is 8.43. The highest BCUT2D eigenvalue weighted by molar-refractivity contribution is 5.91. The van der Waals surface area contributed by atoms with Crippen molar-refractivity contribution in [2.45, 2.75) is 66.2 Å². The summed E-state index contributed by atoms with van der Waals surface area (Å²) in [7, 11) is 0. The zero-order chi connectivity index (χ0) is 16.0. The van der Waals surface area contributed by atoms with Gasteiger partial charge in [-0.25, -0.2) is 4.79 Å². The molecule has 0 spiro atoms. The quantitative estimate of drug-likeness (QED) is 0.539. The van der Waals surface area contributed by atoms with Gasteiger partial charge in [0.25, 0.3) is 0 Å². The van der Waals surface area contributed by atoms with E-state index in [9.17, 15) is 4.79 Å².